The van der Waals surface area contributed by atoms with E-state index in [1.54, 1.807) is 0 Å². The molecule has 0 unspecified atom stereocenters. The zero-order chi connectivity index (χ0) is 24.9. The standard InChI is InChI=1S/C21H14F6N4O2S/c22-20(23,24)14-4-1-12(2-5-14)13-3-10-17-18(11-13)31(29-19(17)21(25,26)27)16-8-6-15(7-9-16)30-34(28,32)33/h1-11,30H,(H2,28,32,33). The SMILES string of the molecule is NS(=O)(=O)Nc1ccc(-n2nc(C(F)(F)F)c3ccc(-c4ccc(C(F)(F)F)cc4)cc32)cc1. The third kappa shape index (κ3) is 4.84. The zero-order valence-electron chi connectivity index (χ0n) is 16.8. The van der Waals surface area contributed by atoms with E-state index in [0.29, 0.717) is 11.1 Å². The number of alkyl halides is 6. The Morgan fingerprint density at radius 1 is 0.794 bits per heavy atom. The lowest BCUT2D eigenvalue weighted by Crippen LogP contribution is -2.21. The molecule has 13 heteroatoms. The van der Waals surface area contributed by atoms with Crippen molar-refractivity contribution in [2.24, 2.45) is 5.14 Å². The lowest BCUT2D eigenvalue weighted by Gasteiger charge is -2.09. The number of hydrogen-bond acceptors (Lipinski definition) is 3. The largest absolute Gasteiger partial charge is 0.435 e. The molecule has 6 nitrogen and oxygen atoms in total. The fourth-order valence-electron chi connectivity index (χ4n) is 3.39. The number of halogens is 6. The van der Waals surface area contributed by atoms with Crippen molar-refractivity contribution in [3.8, 4) is 16.8 Å². The van der Waals surface area contributed by atoms with Gasteiger partial charge in [-0.3, -0.25) is 4.72 Å². The Balaban J connectivity index is 1.83. The van der Waals surface area contributed by atoms with Crippen LogP contribution in [0.25, 0.3) is 27.7 Å². The van der Waals surface area contributed by atoms with Crippen LogP contribution in [0.3, 0.4) is 0 Å². The van der Waals surface area contributed by atoms with Gasteiger partial charge in [0.2, 0.25) is 0 Å². The number of nitrogens with two attached hydrogens (primary N) is 1. The van der Waals surface area contributed by atoms with Gasteiger partial charge in [0.05, 0.1) is 16.8 Å². The smallest absolute Gasteiger partial charge is 0.271 e. The third-order valence-electron chi connectivity index (χ3n) is 4.87. The number of nitrogens with zero attached hydrogens (tertiary/aromatic N) is 2. The fraction of sp³-hybridized carbons (Fsp3) is 0.0952. The molecule has 4 aromatic rings. The van der Waals surface area contributed by atoms with Gasteiger partial charge in [0.1, 0.15) is 0 Å². The molecule has 34 heavy (non-hydrogen) atoms. The van der Waals surface area contributed by atoms with Crippen LogP contribution in [0.4, 0.5) is 32.0 Å². The van der Waals surface area contributed by atoms with Gasteiger partial charge in [-0.05, 0) is 59.7 Å². The second-order valence-electron chi connectivity index (χ2n) is 7.26. The second-order valence-corrected chi connectivity index (χ2v) is 8.55. The maximum absolute atomic E-state index is 13.6. The van der Waals surface area contributed by atoms with Gasteiger partial charge in [0, 0.05) is 11.1 Å². The minimum atomic E-state index is -4.77. The first-order valence-electron chi connectivity index (χ1n) is 9.41. The van der Waals surface area contributed by atoms with Crippen LogP contribution in [0.5, 0.6) is 0 Å². The number of rotatable bonds is 4. The van der Waals surface area contributed by atoms with Crippen molar-refractivity contribution in [2.75, 3.05) is 4.72 Å². The van der Waals surface area contributed by atoms with Crippen molar-refractivity contribution in [3.63, 3.8) is 0 Å². The average molecular weight is 500 g/mol. The summed E-state index contributed by atoms with van der Waals surface area (Å²) in [5.74, 6) is 0. The molecule has 0 aliphatic heterocycles. The predicted octanol–water partition coefficient (Wildman–Crippen LogP) is 5.35. The highest BCUT2D eigenvalue weighted by molar-refractivity contribution is 7.90. The lowest BCUT2D eigenvalue weighted by atomic mass is 10.0. The minimum absolute atomic E-state index is 0.0527. The number of aromatic nitrogens is 2. The summed E-state index contributed by atoms with van der Waals surface area (Å²) in [5, 5.41) is 8.39. The maximum Gasteiger partial charge on any atom is 0.435 e. The average Bonchev–Trinajstić information content (AvgIpc) is 3.12. The molecule has 0 saturated carbocycles. The van der Waals surface area contributed by atoms with Crippen LogP contribution in [-0.4, -0.2) is 18.2 Å². The summed E-state index contributed by atoms with van der Waals surface area (Å²) in [6.45, 7) is 0. The Bertz CT molecular complexity index is 1460. The molecular weight excluding hydrogens is 486 g/mol. The van der Waals surface area contributed by atoms with Gasteiger partial charge in [0.25, 0.3) is 10.2 Å². The van der Waals surface area contributed by atoms with Gasteiger partial charge in [-0.25, -0.2) is 9.82 Å². The van der Waals surface area contributed by atoms with Crippen LogP contribution in [-0.2, 0) is 22.6 Å². The van der Waals surface area contributed by atoms with Gasteiger partial charge in [-0.1, -0.05) is 18.2 Å². The quantitative estimate of drug-likeness (QED) is 0.371. The molecule has 3 aromatic carbocycles. The van der Waals surface area contributed by atoms with Crippen LogP contribution in [0, 0.1) is 0 Å². The van der Waals surface area contributed by atoms with E-state index in [0.717, 1.165) is 16.8 Å². The molecule has 0 spiro atoms. The van der Waals surface area contributed by atoms with Crippen molar-refractivity contribution in [2.45, 2.75) is 12.4 Å². The Kier molecular flexibility index (Phi) is 5.56. The fourth-order valence-corrected chi connectivity index (χ4v) is 3.85. The van der Waals surface area contributed by atoms with Gasteiger partial charge in [0.15, 0.2) is 5.69 Å². The van der Waals surface area contributed by atoms with Crippen LogP contribution in [0.1, 0.15) is 11.3 Å². The topological polar surface area (TPSA) is 90.0 Å². The number of nitrogens with one attached hydrogen (secondary N) is 1. The van der Waals surface area contributed by atoms with Crippen molar-refractivity contribution in [1.82, 2.24) is 9.78 Å². The van der Waals surface area contributed by atoms with Crippen molar-refractivity contribution in [3.05, 3.63) is 78.0 Å². The Morgan fingerprint density at radius 3 is 1.91 bits per heavy atom. The molecule has 0 aliphatic carbocycles. The van der Waals surface area contributed by atoms with Gasteiger partial charge in [-0.15, -0.1) is 0 Å². The molecule has 178 valence electrons. The summed E-state index contributed by atoms with van der Waals surface area (Å²) in [5.41, 5.74) is -0.929. The summed E-state index contributed by atoms with van der Waals surface area (Å²) in [7, 11) is -4.04. The molecule has 0 aliphatic rings. The van der Waals surface area contributed by atoms with Crippen molar-refractivity contribution < 1.29 is 34.8 Å². The lowest BCUT2D eigenvalue weighted by molar-refractivity contribution is -0.140. The van der Waals surface area contributed by atoms with Crippen LogP contribution in [0.15, 0.2) is 66.7 Å². The summed E-state index contributed by atoms with van der Waals surface area (Å²) in [6.07, 6.45) is -9.29. The van der Waals surface area contributed by atoms with E-state index >= 15 is 0 Å². The number of hydrogen-bond donors (Lipinski definition) is 2. The van der Waals surface area contributed by atoms with E-state index in [4.69, 9.17) is 5.14 Å². The van der Waals surface area contributed by atoms with Crippen LogP contribution < -0.4 is 9.86 Å². The summed E-state index contributed by atoms with van der Waals surface area (Å²) in [6, 6.07) is 13.4. The van der Waals surface area contributed by atoms with Crippen LogP contribution >= 0.6 is 0 Å². The van der Waals surface area contributed by atoms with Gasteiger partial charge < -0.3 is 0 Å². The van der Waals surface area contributed by atoms with E-state index in [1.165, 1.54) is 54.6 Å². The van der Waals surface area contributed by atoms with Crippen LogP contribution in [0.2, 0.25) is 0 Å². The molecule has 0 atom stereocenters. The molecule has 0 amide bonds. The highest BCUT2D eigenvalue weighted by Crippen LogP contribution is 2.37. The maximum atomic E-state index is 13.6. The minimum Gasteiger partial charge on any atom is -0.271 e. The molecule has 4 rings (SSSR count). The Hall–Kier alpha value is -3.58. The highest BCUT2D eigenvalue weighted by Gasteiger charge is 2.37. The highest BCUT2D eigenvalue weighted by atomic mass is 32.2. The molecule has 0 radical (unpaired) electrons. The zero-order valence-corrected chi connectivity index (χ0v) is 17.6. The van der Waals surface area contributed by atoms with E-state index < -0.39 is 33.8 Å². The predicted molar refractivity (Wildman–Crippen MR) is 113 cm³/mol. The van der Waals surface area contributed by atoms with Crippen molar-refractivity contribution >= 4 is 26.8 Å². The Labute approximate surface area is 188 Å². The molecule has 3 N–H and O–H groups in total. The number of anilines is 1. The summed E-state index contributed by atoms with van der Waals surface area (Å²) < 4.78 is 105. The second kappa shape index (κ2) is 8.02. The monoisotopic (exact) mass is 500 g/mol. The van der Waals surface area contributed by atoms with Gasteiger partial charge in [-0.2, -0.15) is 39.9 Å². The summed E-state index contributed by atoms with van der Waals surface area (Å²) >= 11 is 0. The molecule has 1 aromatic heterocycles. The van der Waals surface area contributed by atoms with Gasteiger partial charge >= 0.3 is 12.4 Å². The molecule has 1 heterocycles. The molecule has 0 saturated heterocycles. The molecule has 0 fully saturated rings. The Morgan fingerprint density at radius 2 is 1.38 bits per heavy atom. The first kappa shape index (κ1) is 23.6. The normalized spacial score (nSPS) is 12.8. The number of benzene rings is 3. The summed E-state index contributed by atoms with van der Waals surface area (Å²) in [4.78, 5) is 0. The third-order valence-corrected chi connectivity index (χ3v) is 5.39. The molecule has 0 bridgehead atoms. The first-order valence-corrected chi connectivity index (χ1v) is 11.0. The van der Waals surface area contributed by atoms with E-state index in [9.17, 15) is 34.8 Å². The van der Waals surface area contributed by atoms with E-state index in [1.807, 2.05) is 4.72 Å². The molecular formula is C21H14F6N4O2S. The van der Waals surface area contributed by atoms with Crippen molar-refractivity contribution in [1.29, 1.82) is 0 Å². The first-order chi connectivity index (χ1) is 15.7. The van der Waals surface area contributed by atoms with E-state index in [2.05, 4.69) is 5.10 Å². The van der Waals surface area contributed by atoms with E-state index in [-0.39, 0.29) is 22.3 Å². The number of fused-ring (bicyclic) bond motifs is 1.